The molecule has 30 heavy (non-hydrogen) atoms. The second kappa shape index (κ2) is 8.78. The minimum Gasteiger partial charge on any atom is -0.371 e. The SMILES string of the molecule is CC(C(=O)Nc1sc2c(c1C(N)=O)CCC2)N(C)Cc1ccccc1N1CCCC1. The van der Waals surface area contributed by atoms with Crippen molar-refractivity contribution in [3.63, 3.8) is 0 Å². The van der Waals surface area contributed by atoms with E-state index in [1.54, 1.807) is 0 Å². The van der Waals surface area contributed by atoms with Gasteiger partial charge in [0.05, 0.1) is 11.6 Å². The quantitative estimate of drug-likeness (QED) is 0.711. The van der Waals surface area contributed by atoms with E-state index in [9.17, 15) is 9.59 Å². The van der Waals surface area contributed by atoms with Crippen molar-refractivity contribution >= 4 is 33.8 Å². The Bertz CT molecular complexity index is 949. The van der Waals surface area contributed by atoms with Crippen LogP contribution in [0.15, 0.2) is 24.3 Å². The molecule has 1 fully saturated rings. The molecule has 1 aliphatic heterocycles. The number of carbonyl (C=O) groups excluding carboxylic acids is 2. The van der Waals surface area contributed by atoms with Gasteiger partial charge < -0.3 is 16.0 Å². The number of primary amides is 1. The van der Waals surface area contributed by atoms with Gasteiger partial charge in [0, 0.05) is 30.2 Å². The number of likely N-dealkylation sites (N-methyl/N-ethyl adjacent to an activating group) is 1. The van der Waals surface area contributed by atoms with Gasteiger partial charge in [-0.05, 0) is 63.3 Å². The average molecular weight is 427 g/mol. The first-order chi connectivity index (χ1) is 14.5. The molecule has 1 aromatic heterocycles. The number of para-hydroxylation sites is 1. The summed E-state index contributed by atoms with van der Waals surface area (Å²) < 4.78 is 0. The third kappa shape index (κ3) is 4.09. The molecular formula is C23H30N4O2S. The molecule has 0 bridgehead atoms. The minimum atomic E-state index is -0.453. The van der Waals surface area contributed by atoms with E-state index in [-0.39, 0.29) is 11.9 Å². The summed E-state index contributed by atoms with van der Waals surface area (Å²) in [4.78, 5) is 30.6. The van der Waals surface area contributed by atoms with Crippen molar-refractivity contribution < 1.29 is 9.59 Å². The zero-order valence-corrected chi connectivity index (χ0v) is 18.6. The fraction of sp³-hybridized carbons (Fsp3) is 0.478. The number of thiophene rings is 1. The Balaban J connectivity index is 1.46. The normalized spacial score (nSPS) is 16.7. The van der Waals surface area contributed by atoms with Gasteiger partial charge in [0.1, 0.15) is 5.00 Å². The molecule has 0 radical (unpaired) electrons. The first kappa shape index (κ1) is 20.9. The van der Waals surface area contributed by atoms with E-state index in [1.165, 1.54) is 40.3 Å². The van der Waals surface area contributed by atoms with E-state index in [0.29, 0.717) is 17.1 Å². The fourth-order valence-corrected chi connectivity index (χ4v) is 5.78. The van der Waals surface area contributed by atoms with E-state index in [0.717, 1.165) is 37.9 Å². The summed E-state index contributed by atoms with van der Waals surface area (Å²) in [6, 6.07) is 8.11. The van der Waals surface area contributed by atoms with Crippen LogP contribution in [-0.2, 0) is 24.2 Å². The monoisotopic (exact) mass is 426 g/mol. The number of rotatable bonds is 7. The number of nitrogens with zero attached hydrogens (tertiary/aromatic N) is 2. The van der Waals surface area contributed by atoms with Crippen molar-refractivity contribution in [3.05, 3.63) is 45.8 Å². The van der Waals surface area contributed by atoms with Crippen LogP contribution >= 0.6 is 11.3 Å². The number of fused-ring (bicyclic) bond motifs is 1. The Labute approximate surface area is 182 Å². The van der Waals surface area contributed by atoms with Crippen LogP contribution in [0, 0.1) is 0 Å². The molecule has 0 saturated carbocycles. The largest absolute Gasteiger partial charge is 0.371 e. The van der Waals surface area contributed by atoms with Gasteiger partial charge in [-0.1, -0.05) is 18.2 Å². The molecule has 2 aliphatic rings. The van der Waals surface area contributed by atoms with Crippen molar-refractivity contribution in [1.29, 1.82) is 0 Å². The topological polar surface area (TPSA) is 78.7 Å². The van der Waals surface area contributed by atoms with Gasteiger partial charge >= 0.3 is 0 Å². The number of benzene rings is 1. The number of nitrogens with one attached hydrogen (secondary N) is 1. The van der Waals surface area contributed by atoms with Crippen LogP contribution in [0.2, 0.25) is 0 Å². The maximum Gasteiger partial charge on any atom is 0.251 e. The molecule has 6 nitrogen and oxygen atoms in total. The molecule has 1 atom stereocenters. The van der Waals surface area contributed by atoms with Gasteiger partial charge in [-0.3, -0.25) is 14.5 Å². The lowest BCUT2D eigenvalue weighted by atomic mass is 10.1. The zero-order chi connectivity index (χ0) is 21.3. The average Bonchev–Trinajstić information content (AvgIpc) is 3.44. The smallest absolute Gasteiger partial charge is 0.251 e. The lowest BCUT2D eigenvalue weighted by molar-refractivity contribution is -0.120. The predicted molar refractivity (Wildman–Crippen MR) is 122 cm³/mol. The van der Waals surface area contributed by atoms with Crippen LogP contribution in [0.25, 0.3) is 0 Å². The summed E-state index contributed by atoms with van der Waals surface area (Å²) in [5.41, 5.74) is 9.66. The van der Waals surface area contributed by atoms with Gasteiger partial charge in [-0.2, -0.15) is 0 Å². The second-order valence-corrected chi connectivity index (χ2v) is 9.43. The lowest BCUT2D eigenvalue weighted by Crippen LogP contribution is -2.39. The summed E-state index contributed by atoms with van der Waals surface area (Å²) in [6.45, 7) is 4.77. The van der Waals surface area contributed by atoms with Gasteiger partial charge in [0.2, 0.25) is 5.91 Å². The maximum atomic E-state index is 13.0. The molecule has 4 rings (SSSR count). The molecule has 2 aromatic rings. The van der Waals surface area contributed by atoms with Crippen molar-refractivity contribution in [1.82, 2.24) is 4.90 Å². The van der Waals surface area contributed by atoms with E-state index in [4.69, 9.17) is 5.73 Å². The molecule has 2 heterocycles. The molecule has 7 heteroatoms. The summed E-state index contributed by atoms with van der Waals surface area (Å²) in [5.74, 6) is -0.566. The van der Waals surface area contributed by atoms with Gasteiger partial charge in [0.15, 0.2) is 0 Å². The molecule has 1 unspecified atom stereocenters. The summed E-state index contributed by atoms with van der Waals surface area (Å²) in [6.07, 6.45) is 5.33. The molecule has 3 N–H and O–H groups in total. The second-order valence-electron chi connectivity index (χ2n) is 8.33. The summed E-state index contributed by atoms with van der Waals surface area (Å²) in [5, 5.41) is 3.59. The Morgan fingerprint density at radius 3 is 2.67 bits per heavy atom. The van der Waals surface area contributed by atoms with Crippen LogP contribution in [-0.4, -0.2) is 42.9 Å². The molecule has 1 saturated heterocycles. The highest BCUT2D eigenvalue weighted by molar-refractivity contribution is 7.17. The molecule has 2 amide bonds. The Morgan fingerprint density at radius 2 is 1.93 bits per heavy atom. The Morgan fingerprint density at radius 1 is 1.20 bits per heavy atom. The number of hydrogen-bond donors (Lipinski definition) is 2. The van der Waals surface area contributed by atoms with Crippen LogP contribution in [0.1, 0.15) is 52.5 Å². The molecule has 0 spiro atoms. The van der Waals surface area contributed by atoms with E-state index in [1.807, 2.05) is 14.0 Å². The highest BCUT2D eigenvalue weighted by Crippen LogP contribution is 2.39. The molecule has 1 aliphatic carbocycles. The van der Waals surface area contributed by atoms with Gasteiger partial charge in [-0.25, -0.2) is 0 Å². The number of aryl methyl sites for hydroxylation is 1. The first-order valence-electron chi connectivity index (χ1n) is 10.7. The van der Waals surface area contributed by atoms with Crippen molar-refractivity contribution in [2.45, 2.75) is 51.6 Å². The van der Waals surface area contributed by atoms with Crippen LogP contribution in [0.4, 0.5) is 10.7 Å². The number of hydrogen-bond acceptors (Lipinski definition) is 5. The van der Waals surface area contributed by atoms with Crippen molar-refractivity contribution in [2.24, 2.45) is 5.73 Å². The van der Waals surface area contributed by atoms with Crippen LogP contribution in [0.5, 0.6) is 0 Å². The Kier molecular flexibility index (Phi) is 6.11. The van der Waals surface area contributed by atoms with Crippen LogP contribution in [0.3, 0.4) is 0 Å². The van der Waals surface area contributed by atoms with Gasteiger partial charge in [-0.15, -0.1) is 11.3 Å². The number of amides is 2. The molecule has 160 valence electrons. The Hall–Kier alpha value is -2.38. The zero-order valence-electron chi connectivity index (χ0n) is 17.7. The van der Waals surface area contributed by atoms with E-state index >= 15 is 0 Å². The highest BCUT2D eigenvalue weighted by atomic mass is 32.1. The van der Waals surface area contributed by atoms with E-state index in [2.05, 4.69) is 39.4 Å². The highest BCUT2D eigenvalue weighted by Gasteiger charge is 2.28. The molecule has 1 aromatic carbocycles. The van der Waals surface area contributed by atoms with Crippen molar-refractivity contribution in [3.8, 4) is 0 Å². The third-order valence-electron chi connectivity index (χ3n) is 6.30. The maximum absolute atomic E-state index is 13.0. The van der Waals surface area contributed by atoms with E-state index < -0.39 is 5.91 Å². The fourth-order valence-electron chi connectivity index (χ4n) is 4.49. The number of carbonyl (C=O) groups is 2. The first-order valence-corrected chi connectivity index (χ1v) is 11.6. The summed E-state index contributed by atoms with van der Waals surface area (Å²) >= 11 is 1.50. The van der Waals surface area contributed by atoms with Crippen LogP contribution < -0.4 is 16.0 Å². The van der Waals surface area contributed by atoms with Gasteiger partial charge in [0.25, 0.3) is 5.91 Å². The molecular weight excluding hydrogens is 396 g/mol. The lowest BCUT2D eigenvalue weighted by Gasteiger charge is -2.27. The number of nitrogens with two attached hydrogens (primary N) is 1. The number of anilines is 2. The minimum absolute atomic E-state index is 0.112. The van der Waals surface area contributed by atoms with Crippen molar-refractivity contribution in [2.75, 3.05) is 30.4 Å². The summed E-state index contributed by atoms with van der Waals surface area (Å²) in [7, 11) is 1.97. The predicted octanol–water partition coefficient (Wildman–Crippen LogP) is 3.39. The third-order valence-corrected chi connectivity index (χ3v) is 7.51. The standard InChI is InChI=1S/C23H30N4O2S/c1-15(22(29)25-23-20(21(24)28)17-9-7-11-19(17)30-23)26(2)14-16-8-3-4-10-18(16)27-12-5-6-13-27/h3-4,8,10,15H,5-7,9,11-14H2,1-2H3,(H2,24,28)(H,25,29).